The molecule has 0 aliphatic heterocycles. The summed E-state index contributed by atoms with van der Waals surface area (Å²) < 4.78 is 47.0. The zero-order chi connectivity index (χ0) is 17.5. The van der Waals surface area contributed by atoms with Crippen LogP contribution in [0, 0.1) is 5.82 Å². The molecule has 0 radical (unpaired) electrons. The van der Waals surface area contributed by atoms with Crippen LogP contribution in [0.25, 0.3) is 0 Å². The van der Waals surface area contributed by atoms with Gasteiger partial charge in [0, 0.05) is 6.92 Å². The molecule has 1 N–H and O–H groups in total. The van der Waals surface area contributed by atoms with E-state index in [0.29, 0.717) is 12.8 Å². The molecule has 6 heteroatoms. The molecule has 2 aromatic carbocycles. The molecule has 0 aromatic heterocycles. The van der Waals surface area contributed by atoms with E-state index in [0.717, 1.165) is 13.0 Å². The molecule has 1 saturated carbocycles. The molecule has 0 unspecified atom stereocenters. The highest BCUT2D eigenvalue weighted by molar-refractivity contribution is 5.87. The summed E-state index contributed by atoms with van der Waals surface area (Å²) in [6.45, 7) is 0.853. The zero-order valence-corrected chi connectivity index (χ0v) is 12.9. The van der Waals surface area contributed by atoms with Crippen molar-refractivity contribution in [2.24, 2.45) is 0 Å². The van der Waals surface area contributed by atoms with Crippen LogP contribution >= 0.6 is 0 Å². The number of aromatic carboxylic acids is 1. The van der Waals surface area contributed by atoms with Gasteiger partial charge >= 0.3 is 5.97 Å². The van der Waals surface area contributed by atoms with Crippen LogP contribution in [0.15, 0.2) is 42.5 Å². The standard InChI is InChI=1S/C18H15F3O3/c1-17(20,21)18(8-9-18)12-4-7-15(14(19)10-12)24-13-5-2-11(3-6-13)16(22)23/h2-7,10H,8-9H2,1H3,(H,22,23). The van der Waals surface area contributed by atoms with Crippen molar-refractivity contribution in [2.45, 2.75) is 31.1 Å². The van der Waals surface area contributed by atoms with Crippen molar-refractivity contribution in [1.29, 1.82) is 0 Å². The molecular weight excluding hydrogens is 321 g/mol. The van der Waals surface area contributed by atoms with Gasteiger partial charge in [-0.25, -0.2) is 18.0 Å². The average molecular weight is 336 g/mol. The SMILES string of the molecule is CC(F)(F)C1(c2ccc(Oc3ccc(C(=O)O)cc3)c(F)c2)CC1. The van der Waals surface area contributed by atoms with E-state index < -0.39 is 23.1 Å². The number of carboxylic acid groups (broad SMARTS) is 1. The molecule has 0 heterocycles. The predicted octanol–water partition coefficient (Wildman–Crippen LogP) is 5.00. The first-order valence-corrected chi connectivity index (χ1v) is 7.42. The maximum atomic E-state index is 14.2. The summed E-state index contributed by atoms with van der Waals surface area (Å²) in [6, 6.07) is 9.34. The van der Waals surface area contributed by atoms with Crippen LogP contribution < -0.4 is 4.74 Å². The maximum Gasteiger partial charge on any atom is 0.335 e. The van der Waals surface area contributed by atoms with Crippen molar-refractivity contribution in [1.82, 2.24) is 0 Å². The van der Waals surface area contributed by atoms with Gasteiger partial charge in [0.05, 0.1) is 11.0 Å². The summed E-state index contributed by atoms with van der Waals surface area (Å²) in [6.07, 6.45) is 0.652. The van der Waals surface area contributed by atoms with Crippen molar-refractivity contribution < 1.29 is 27.8 Å². The Hall–Kier alpha value is -2.50. The molecule has 24 heavy (non-hydrogen) atoms. The van der Waals surface area contributed by atoms with Crippen LogP contribution in [0.2, 0.25) is 0 Å². The van der Waals surface area contributed by atoms with Crippen LogP contribution in [0.5, 0.6) is 11.5 Å². The van der Waals surface area contributed by atoms with Gasteiger partial charge in [-0.1, -0.05) is 6.07 Å². The van der Waals surface area contributed by atoms with E-state index in [2.05, 4.69) is 0 Å². The third kappa shape index (κ3) is 2.84. The van der Waals surface area contributed by atoms with E-state index >= 15 is 0 Å². The third-order valence-corrected chi connectivity index (χ3v) is 4.40. The summed E-state index contributed by atoms with van der Waals surface area (Å²) in [7, 11) is 0. The Morgan fingerprint density at radius 1 is 1.17 bits per heavy atom. The first-order chi connectivity index (χ1) is 11.2. The Kier molecular flexibility index (Phi) is 3.78. The second-order valence-electron chi connectivity index (χ2n) is 6.05. The van der Waals surface area contributed by atoms with Gasteiger partial charge in [0.15, 0.2) is 11.6 Å². The Bertz CT molecular complexity index is 775. The van der Waals surface area contributed by atoms with E-state index in [1.807, 2.05) is 0 Å². The Morgan fingerprint density at radius 2 is 1.79 bits per heavy atom. The Labute approximate surface area is 136 Å². The fraction of sp³-hybridized carbons (Fsp3) is 0.278. The molecule has 1 aliphatic rings. The number of benzene rings is 2. The lowest BCUT2D eigenvalue weighted by molar-refractivity contribution is -0.0200. The highest BCUT2D eigenvalue weighted by Gasteiger charge is 2.60. The smallest absolute Gasteiger partial charge is 0.335 e. The molecule has 0 saturated heterocycles. The van der Waals surface area contributed by atoms with Gasteiger partial charge in [0.1, 0.15) is 5.75 Å². The van der Waals surface area contributed by atoms with E-state index in [-0.39, 0.29) is 22.6 Å². The van der Waals surface area contributed by atoms with Crippen molar-refractivity contribution in [3.63, 3.8) is 0 Å². The van der Waals surface area contributed by atoms with Gasteiger partial charge < -0.3 is 9.84 Å². The number of rotatable bonds is 5. The monoisotopic (exact) mass is 336 g/mol. The summed E-state index contributed by atoms with van der Waals surface area (Å²) in [5.74, 6) is -4.56. The number of carbonyl (C=O) groups is 1. The first-order valence-electron chi connectivity index (χ1n) is 7.42. The van der Waals surface area contributed by atoms with Crippen LogP contribution in [-0.2, 0) is 5.41 Å². The number of halogens is 3. The molecule has 3 nitrogen and oxygen atoms in total. The maximum absolute atomic E-state index is 14.2. The fourth-order valence-electron chi connectivity index (χ4n) is 2.78. The predicted molar refractivity (Wildman–Crippen MR) is 81.4 cm³/mol. The van der Waals surface area contributed by atoms with Gasteiger partial charge in [-0.2, -0.15) is 0 Å². The number of hydrogen-bond donors (Lipinski definition) is 1. The van der Waals surface area contributed by atoms with E-state index in [1.54, 1.807) is 0 Å². The van der Waals surface area contributed by atoms with E-state index in [9.17, 15) is 18.0 Å². The van der Waals surface area contributed by atoms with Gasteiger partial charge in [-0.3, -0.25) is 0 Å². The minimum Gasteiger partial charge on any atom is -0.478 e. The first kappa shape index (κ1) is 16.4. The number of hydrogen-bond acceptors (Lipinski definition) is 2. The van der Waals surface area contributed by atoms with Crippen molar-refractivity contribution in [3.05, 3.63) is 59.4 Å². The van der Waals surface area contributed by atoms with E-state index in [4.69, 9.17) is 9.84 Å². The molecule has 0 atom stereocenters. The highest BCUT2D eigenvalue weighted by atomic mass is 19.3. The molecule has 0 bridgehead atoms. The minimum atomic E-state index is -2.91. The Balaban J connectivity index is 1.82. The third-order valence-electron chi connectivity index (χ3n) is 4.40. The van der Waals surface area contributed by atoms with Gasteiger partial charge in [0.2, 0.25) is 0 Å². The van der Waals surface area contributed by atoms with Crippen LogP contribution in [0.1, 0.15) is 35.7 Å². The average Bonchev–Trinajstić information content (AvgIpc) is 3.31. The molecule has 0 spiro atoms. The number of carboxylic acids is 1. The molecule has 0 amide bonds. The second-order valence-corrected chi connectivity index (χ2v) is 6.05. The van der Waals surface area contributed by atoms with Crippen LogP contribution in [0.4, 0.5) is 13.2 Å². The van der Waals surface area contributed by atoms with Gasteiger partial charge in [-0.05, 0) is 54.8 Å². The summed E-state index contributed by atoms with van der Waals surface area (Å²) in [5.41, 5.74) is -0.935. The minimum absolute atomic E-state index is 0.0824. The lowest BCUT2D eigenvalue weighted by Gasteiger charge is -2.23. The molecule has 3 rings (SSSR count). The largest absolute Gasteiger partial charge is 0.478 e. The lowest BCUT2D eigenvalue weighted by atomic mass is 9.90. The van der Waals surface area contributed by atoms with Crippen molar-refractivity contribution >= 4 is 5.97 Å². The highest BCUT2D eigenvalue weighted by Crippen LogP contribution is 2.58. The fourth-order valence-corrected chi connectivity index (χ4v) is 2.78. The van der Waals surface area contributed by atoms with Gasteiger partial charge in [-0.15, -0.1) is 0 Å². The topological polar surface area (TPSA) is 46.5 Å². The van der Waals surface area contributed by atoms with Crippen LogP contribution in [-0.4, -0.2) is 17.0 Å². The Morgan fingerprint density at radius 3 is 2.25 bits per heavy atom. The molecule has 126 valence electrons. The quantitative estimate of drug-likeness (QED) is 0.835. The summed E-state index contributed by atoms with van der Waals surface area (Å²) in [4.78, 5) is 10.8. The lowest BCUT2D eigenvalue weighted by Crippen LogP contribution is -2.30. The van der Waals surface area contributed by atoms with Crippen molar-refractivity contribution in [3.8, 4) is 11.5 Å². The van der Waals surface area contributed by atoms with Gasteiger partial charge in [0.25, 0.3) is 5.92 Å². The number of ether oxygens (including phenoxy) is 1. The zero-order valence-electron chi connectivity index (χ0n) is 12.9. The summed E-state index contributed by atoms with van der Waals surface area (Å²) >= 11 is 0. The molecule has 2 aromatic rings. The second kappa shape index (κ2) is 5.54. The molecule has 1 fully saturated rings. The van der Waals surface area contributed by atoms with E-state index in [1.165, 1.54) is 36.4 Å². The molecule has 1 aliphatic carbocycles. The van der Waals surface area contributed by atoms with Crippen LogP contribution in [0.3, 0.4) is 0 Å². The number of alkyl halides is 2. The summed E-state index contributed by atoms with van der Waals surface area (Å²) in [5, 5.41) is 8.83. The molecular formula is C18H15F3O3. The normalized spacial score (nSPS) is 15.8. The van der Waals surface area contributed by atoms with Crippen molar-refractivity contribution in [2.75, 3.05) is 0 Å².